The van der Waals surface area contributed by atoms with Crippen LogP contribution in [0.3, 0.4) is 0 Å². The Morgan fingerprint density at radius 2 is 2.50 bits per heavy atom. The second kappa shape index (κ2) is 4.13. The van der Waals surface area contributed by atoms with Gasteiger partial charge in [0, 0.05) is 6.42 Å². The molecule has 0 saturated carbocycles. The summed E-state index contributed by atoms with van der Waals surface area (Å²) in [6.07, 6.45) is 0.0850. The van der Waals surface area contributed by atoms with Crippen molar-refractivity contribution in [3.05, 3.63) is 6.92 Å². The molecule has 0 fully saturated rings. The largest absolute Gasteiger partial charge is 0.450 e. The summed E-state index contributed by atoms with van der Waals surface area (Å²) >= 11 is 0. The zero-order valence-electron chi connectivity index (χ0n) is 4.39. The van der Waals surface area contributed by atoms with Crippen LogP contribution in [0.4, 0.5) is 0 Å². The predicted molar refractivity (Wildman–Crippen MR) is 26.5 cm³/mol. The SMILES string of the molecule is [CH2]CC(=O)OCC#N. The van der Waals surface area contributed by atoms with E-state index in [1.165, 1.54) is 0 Å². The summed E-state index contributed by atoms with van der Waals surface area (Å²) in [5, 5.41) is 7.86. The van der Waals surface area contributed by atoms with Gasteiger partial charge < -0.3 is 4.74 Å². The lowest BCUT2D eigenvalue weighted by atomic mass is 10.5. The lowest BCUT2D eigenvalue weighted by molar-refractivity contribution is -0.141. The van der Waals surface area contributed by atoms with E-state index in [1.807, 2.05) is 0 Å². The maximum atomic E-state index is 10.1. The first kappa shape index (κ1) is 6.96. The molecule has 0 aliphatic rings. The second-order valence-electron chi connectivity index (χ2n) is 1.07. The van der Waals surface area contributed by atoms with Crippen molar-refractivity contribution in [2.45, 2.75) is 6.42 Å². The zero-order valence-corrected chi connectivity index (χ0v) is 4.39. The van der Waals surface area contributed by atoms with Crippen LogP contribution in [0.5, 0.6) is 0 Å². The third kappa shape index (κ3) is 3.16. The standard InChI is InChI=1S/C5H6NO2/c1-2-5(7)8-4-3-6/h1-2,4H2. The molecular formula is C5H6NO2. The summed E-state index contributed by atoms with van der Waals surface area (Å²) < 4.78 is 4.28. The van der Waals surface area contributed by atoms with Gasteiger partial charge >= 0.3 is 5.97 Å². The Balaban J connectivity index is 3.15. The van der Waals surface area contributed by atoms with Gasteiger partial charge in [-0.1, -0.05) is 0 Å². The molecule has 0 aromatic carbocycles. The van der Waals surface area contributed by atoms with E-state index < -0.39 is 5.97 Å². The molecule has 0 amide bonds. The molecule has 3 heteroatoms. The summed E-state index contributed by atoms with van der Waals surface area (Å²) in [6, 6.07) is 1.66. The highest BCUT2D eigenvalue weighted by molar-refractivity contribution is 5.69. The first-order chi connectivity index (χ1) is 3.81. The summed E-state index contributed by atoms with van der Waals surface area (Å²) in [7, 11) is 0. The molecule has 0 unspecified atom stereocenters. The summed E-state index contributed by atoms with van der Waals surface area (Å²) in [4.78, 5) is 10.1. The molecule has 3 nitrogen and oxygen atoms in total. The Bertz CT molecular complexity index is 114. The van der Waals surface area contributed by atoms with Gasteiger partial charge in [-0.3, -0.25) is 4.79 Å². The number of nitriles is 1. The Labute approximate surface area is 47.9 Å². The highest BCUT2D eigenvalue weighted by atomic mass is 16.5. The molecule has 0 bridgehead atoms. The number of hydrogen-bond acceptors (Lipinski definition) is 3. The van der Waals surface area contributed by atoms with E-state index in [1.54, 1.807) is 6.07 Å². The van der Waals surface area contributed by atoms with Crippen molar-refractivity contribution < 1.29 is 9.53 Å². The van der Waals surface area contributed by atoms with Crippen molar-refractivity contribution >= 4 is 5.97 Å². The lowest BCUT2D eigenvalue weighted by Crippen LogP contribution is -2.01. The number of carbonyl (C=O) groups excluding carboxylic acids is 1. The molecule has 8 heavy (non-hydrogen) atoms. The quantitative estimate of drug-likeness (QED) is 0.482. The van der Waals surface area contributed by atoms with Crippen molar-refractivity contribution in [3.63, 3.8) is 0 Å². The molecule has 0 spiro atoms. The minimum absolute atomic E-state index is 0.0850. The third-order valence-corrected chi connectivity index (χ3v) is 0.502. The van der Waals surface area contributed by atoms with Crippen LogP contribution in [0, 0.1) is 18.3 Å². The Hall–Kier alpha value is -1.04. The minimum atomic E-state index is -0.438. The average molecular weight is 112 g/mol. The normalized spacial score (nSPS) is 7.50. The molecule has 1 radical (unpaired) electrons. The third-order valence-electron chi connectivity index (χ3n) is 0.502. The molecule has 0 aliphatic carbocycles. The van der Waals surface area contributed by atoms with Gasteiger partial charge in [0.2, 0.25) is 0 Å². The molecular weight excluding hydrogens is 106 g/mol. The van der Waals surface area contributed by atoms with Gasteiger partial charge in [0.05, 0.1) is 0 Å². The van der Waals surface area contributed by atoms with Gasteiger partial charge in [-0.2, -0.15) is 5.26 Å². The van der Waals surface area contributed by atoms with Crippen molar-refractivity contribution in [1.29, 1.82) is 5.26 Å². The van der Waals surface area contributed by atoms with Gasteiger partial charge in [0.15, 0.2) is 6.61 Å². The fourth-order valence-corrected chi connectivity index (χ4v) is 0.185. The average Bonchev–Trinajstić information content (AvgIpc) is 1.83. The molecule has 0 aromatic heterocycles. The molecule has 0 aliphatic heterocycles. The predicted octanol–water partition coefficient (Wildman–Crippen LogP) is 0.277. The van der Waals surface area contributed by atoms with Crippen LogP contribution in [0.25, 0.3) is 0 Å². The van der Waals surface area contributed by atoms with Gasteiger partial charge in [0.25, 0.3) is 0 Å². The van der Waals surface area contributed by atoms with Crippen molar-refractivity contribution in [2.24, 2.45) is 0 Å². The van der Waals surface area contributed by atoms with E-state index in [2.05, 4.69) is 11.7 Å². The van der Waals surface area contributed by atoms with Gasteiger partial charge in [0.1, 0.15) is 6.07 Å². The number of esters is 1. The van der Waals surface area contributed by atoms with Gasteiger partial charge in [-0.25, -0.2) is 0 Å². The number of hydrogen-bond donors (Lipinski definition) is 0. The van der Waals surface area contributed by atoms with E-state index in [-0.39, 0.29) is 13.0 Å². The van der Waals surface area contributed by atoms with Crippen LogP contribution in [-0.4, -0.2) is 12.6 Å². The van der Waals surface area contributed by atoms with Gasteiger partial charge in [-0.15, -0.1) is 0 Å². The molecule has 0 heterocycles. The maximum absolute atomic E-state index is 10.1. The number of rotatable bonds is 2. The van der Waals surface area contributed by atoms with Crippen LogP contribution in [0.1, 0.15) is 6.42 Å². The summed E-state index contributed by atoms with van der Waals surface area (Å²) in [5.74, 6) is -0.438. The molecule has 0 rings (SSSR count). The lowest BCUT2D eigenvalue weighted by Gasteiger charge is -1.92. The Morgan fingerprint density at radius 1 is 1.88 bits per heavy atom. The van der Waals surface area contributed by atoms with Crippen LogP contribution in [-0.2, 0) is 9.53 Å². The number of ether oxygens (including phenoxy) is 1. The maximum Gasteiger partial charge on any atom is 0.306 e. The van der Waals surface area contributed by atoms with E-state index in [9.17, 15) is 4.79 Å². The van der Waals surface area contributed by atoms with Crippen LogP contribution in [0.15, 0.2) is 0 Å². The monoisotopic (exact) mass is 112 g/mol. The number of nitrogens with zero attached hydrogens (tertiary/aromatic N) is 1. The first-order valence-electron chi connectivity index (χ1n) is 2.13. The Kier molecular flexibility index (Phi) is 3.59. The molecule has 0 atom stereocenters. The van der Waals surface area contributed by atoms with E-state index >= 15 is 0 Å². The van der Waals surface area contributed by atoms with Crippen molar-refractivity contribution in [1.82, 2.24) is 0 Å². The second-order valence-corrected chi connectivity index (χ2v) is 1.07. The molecule has 0 saturated heterocycles. The van der Waals surface area contributed by atoms with Crippen LogP contribution < -0.4 is 0 Å². The van der Waals surface area contributed by atoms with Crippen molar-refractivity contribution in [3.8, 4) is 6.07 Å². The molecule has 0 N–H and O–H groups in total. The molecule has 0 aromatic rings. The van der Waals surface area contributed by atoms with Crippen LogP contribution in [0.2, 0.25) is 0 Å². The highest BCUT2D eigenvalue weighted by Gasteiger charge is 1.93. The first-order valence-corrected chi connectivity index (χ1v) is 2.13. The summed E-state index contributed by atoms with van der Waals surface area (Å²) in [5.41, 5.74) is 0. The fourth-order valence-electron chi connectivity index (χ4n) is 0.185. The zero-order chi connectivity index (χ0) is 6.41. The summed E-state index contributed by atoms with van der Waals surface area (Å²) in [6.45, 7) is 3.08. The molecule has 43 valence electrons. The van der Waals surface area contributed by atoms with E-state index in [0.29, 0.717) is 0 Å². The van der Waals surface area contributed by atoms with E-state index in [4.69, 9.17) is 5.26 Å². The Morgan fingerprint density at radius 3 is 2.88 bits per heavy atom. The van der Waals surface area contributed by atoms with E-state index in [0.717, 1.165) is 0 Å². The van der Waals surface area contributed by atoms with Gasteiger partial charge in [-0.05, 0) is 6.92 Å². The minimum Gasteiger partial charge on any atom is -0.450 e. The topological polar surface area (TPSA) is 50.1 Å². The smallest absolute Gasteiger partial charge is 0.306 e. The highest BCUT2D eigenvalue weighted by Crippen LogP contribution is 1.80. The number of carbonyl (C=O) groups is 1. The fraction of sp³-hybridized carbons (Fsp3) is 0.400. The van der Waals surface area contributed by atoms with Crippen LogP contribution >= 0.6 is 0 Å². The van der Waals surface area contributed by atoms with Crippen molar-refractivity contribution in [2.75, 3.05) is 6.61 Å².